The van der Waals surface area contributed by atoms with E-state index < -0.39 is 0 Å². The van der Waals surface area contributed by atoms with Crippen LogP contribution in [0.3, 0.4) is 0 Å². The molecule has 0 saturated heterocycles. The van der Waals surface area contributed by atoms with Crippen LogP contribution in [0.25, 0.3) is 0 Å². The molecule has 1 aliphatic rings. The molecule has 0 aromatic carbocycles. The lowest BCUT2D eigenvalue weighted by molar-refractivity contribution is -0.123. The van der Waals surface area contributed by atoms with E-state index in [1.165, 1.54) is 31.4 Å². The van der Waals surface area contributed by atoms with Crippen LogP contribution in [0.15, 0.2) is 0 Å². The van der Waals surface area contributed by atoms with Gasteiger partial charge in [0, 0.05) is 5.41 Å². The lowest BCUT2D eigenvalue weighted by Crippen LogP contribution is -2.22. The summed E-state index contributed by atoms with van der Waals surface area (Å²) in [7, 11) is 0. The number of ketones is 1. The zero-order valence-electron chi connectivity index (χ0n) is 9.64. The van der Waals surface area contributed by atoms with Gasteiger partial charge in [0.15, 0.2) is 0 Å². The molecule has 1 aliphatic carbocycles. The molecular formula is C12H22OS. The predicted molar refractivity (Wildman–Crippen MR) is 63.7 cm³/mol. The molecule has 0 spiro atoms. The van der Waals surface area contributed by atoms with Gasteiger partial charge in [-0.1, -0.05) is 33.6 Å². The Morgan fingerprint density at radius 2 is 1.86 bits per heavy atom. The summed E-state index contributed by atoms with van der Waals surface area (Å²) in [5.41, 5.74) is -0.150. The van der Waals surface area contributed by atoms with Gasteiger partial charge in [0.05, 0.1) is 5.75 Å². The van der Waals surface area contributed by atoms with Gasteiger partial charge in [0.25, 0.3) is 0 Å². The van der Waals surface area contributed by atoms with Gasteiger partial charge < -0.3 is 0 Å². The molecule has 0 heterocycles. The smallest absolute Gasteiger partial charge is 0.148 e. The molecule has 1 rings (SSSR count). The van der Waals surface area contributed by atoms with E-state index in [1.54, 1.807) is 0 Å². The van der Waals surface area contributed by atoms with Crippen LogP contribution in [0, 0.1) is 11.3 Å². The highest BCUT2D eigenvalue weighted by Crippen LogP contribution is 2.28. The lowest BCUT2D eigenvalue weighted by Gasteiger charge is -2.16. The number of hydrogen-bond acceptors (Lipinski definition) is 2. The molecule has 14 heavy (non-hydrogen) atoms. The van der Waals surface area contributed by atoms with Crippen molar-refractivity contribution in [1.82, 2.24) is 0 Å². The summed E-state index contributed by atoms with van der Waals surface area (Å²) < 4.78 is 0. The van der Waals surface area contributed by atoms with E-state index in [9.17, 15) is 4.79 Å². The molecule has 0 aliphatic heterocycles. The highest BCUT2D eigenvalue weighted by molar-refractivity contribution is 7.99. The van der Waals surface area contributed by atoms with Crippen molar-refractivity contribution in [2.45, 2.75) is 46.5 Å². The van der Waals surface area contributed by atoms with E-state index in [0.717, 1.165) is 5.92 Å². The Morgan fingerprint density at radius 1 is 1.29 bits per heavy atom. The third-order valence-electron chi connectivity index (χ3n) is 2.90. The first-order valence-corrected chi connectivity index (χ1v) is 6.76. The first-order valence-electron chi connectivity index (χ1n) is 5.61. The van der Waals surface area contributed by atoms with Crippen LogP contribution in [0.4, 0.5) is 0 Å². The average Bonchev–Trinajstić information content (AvgIpc) is 2.55. The summed E-state index contributed by atoms with van der Waals surface area (Å²) >= 11 is 1.84. The Hall–Kier alpha value is 0.0200. The predicted octanol–water partition coefficient (Wildman–Crippen LogP) is 3.53. The standard InChI is InChI=1S/C12H22OS/c1-12(2,3)11(13)9-14-8-10-6-4-5-7-10/h10H,4-9H2,1-3H3. The fraction of sp³-hybridized carbons (Fsp3) is 0.917. The Balaban J connectivity index is 2.11. The van der Waals surface area contributed by atoms with Crippen molar-refractivity contribution in [3.05, 3.63) is 0 Å². The maximum absolute atomic E-state index is 11.6. The first-order chi connectivity index (χ1) is 6.50. The van der Waals surface area contributed by atoms with Gasteiger partial charge in [-0.05, 0) is 24.5 Å². The van der Waals surface area contributed by atoms with E-state index in [4.69, 9.17) is 0 Å². The zero-order valence-corrected chi connectivity index (χ0v) is 10.5. The molecular weight excluding hydrogens is 192 g/mol. The molecule has 0 radical (unpaired) electrons. The van der Waals surface area contributed by atoms with Crippen molar-refractivity contribution in [3.8, 4) is 0 Å². The van der Waals surface area contributed by atoms with Crippen LogP contribution in [0.5, 0.6) is 0 Å². The van der Waals surface area contributed by atoms with Gasteiger partial charge in [-0.3, -0.25) is 4.79 Å². The van der Waals surface area contributed by atoms with E-state index in [1.807, 2.05) is 32.5 Å². The molecule has 1 saturated carbocycles. The summed E-state index contributed by atoms with van der Waals surface area (Å²) in [5.74, 6) is 3.19. The molecule has 82 valence electrons. The van der Waals surface area contributed by atoms with Gasteiger partial charge in [-0.2, -0.15) is 11.8 Å². The van der Waals surface area contributed by atoms with Crippen LogP contribution < -0.4 is 0 Å². The van der Waals surface area contributed by atoms with E-state index in [-0.39, 0.29) is 5.41 Å². The van der Waals surface area contributed by atoms with E-state index in [0.29, 0.717) is 11.5 Å². The molecule has 0 bridgehead atoms. The maximum Gasteiger partial charge on any atom is 0.148 e. The van der Waals surface area contributed by atoms with E-state index in [2.05, 4.69) is 0 Å². The number of carbonyl (C=O) groups excluding carboxylic acids is 1. The summed E-state index contributed by atoms with van der Waals surface area (Å²) in [6, 6.07) is 0. The van der Waals surface area contributed by atoms with Crippen LogP contribution in [-0.4, -0.2) is 17.3 Å². The average molecular weight is 214 g/mol. The van der Waals surface area contributed by atoms with Crippen molar-refractivity contribution in [2.75, 3.05) is 11.5 Å². The third kappa shape index (κ3) is 4.04. The molecule has 0 aromatic rings. The summed E-state index contributed by atoms with van der Waals surface area (Å²) in [6.07, 6.45) is 5.57. The van der Waals surface area contributed by atoms with Crippen molar-refractivity contribution in [1.29, 1.82) is 0 Å². The van der Waals surface area contributed by atoms with Gasteiger partial charge >= 0.3 is 0 Å². The maximum atomic E-state index is 11.6. The van der Waals surface area contributed by atoms with Crippen molar-refractivity contribution in [3.63, 3.8) is 0 Å². The zero-order chi connectivity index (χ0) is 10.6. The minimum absolute atomic E-state index is 0.150. The normalized spacial score (nSPS) is 18.8. The lowest BCUT2D eigenvalue weighted by atomic mass is 9.92. The minimum Gasteiger partial charge on any atom is -0.298 e. The van der Waals surface area contributed by atoms with Crippen molar-refractivity contribution < 1.29 is 4.79 Å². The molecule has 0 amide bonds. The first kappa shape index (κ1) is 12.1. The summed E-state index contributed by atoms with van der Waals surface area (Å²) in [4.78, 5) is 11.6. The van der Waals surface area contributed by atoms with Gasteiger partial charge in [0.1, 0.15) is 5.78 Å². The number of thioether (sulfide) groups is 1. The van der Waals surface area contributed by atoms with Gasteiger partial charge in [-0.25, -0.2) is 0 Å². The number of Topliss-reactive ketones (excluding diaryl/α,β-unsaturated/α-hetero) is 1. The molecule has 1 fully saturated rings. The number of hydrogen-bond donors (Lipinski definition) is 0. The number of carbonyl (C=O) groups is 1. The Bertz CT molecular complexity index is 187. The summed E-state index contributed by atoms with van der Waals surface area (Å²) in [5, 5.41) is 0. The monoisotopic (exact) mass is 214 g/mol. The Kier molecular flexibility index (Phi) is 4.49. The third-order valence-corrected chi connectivity index (χ3v) is 4.07. The molecule has 0 N–H and O–H groups in total. The quantitative estimate of drug-likeness (QED) is 0.712. The summed E-state index contributed by atoms with van der Waals surface area (Å²) in [6.45, 7) is 6.02. The second-order valence-electron chi connectivity index (χ2n) is 5.34. The van der Waals surface area contributed by atoms with Gasteiger partial charge in [0.2, 0.25) is 0 Å². The minimum atomic E-state index is -0.150. The number of rotatable bonds is 4. The van der Waals surface area contributed by atoms with Gasteiger partial charge in [-0.15, -0.1) is 0 Å². The van der Waals surface area contributed by atoms with Crippen molar-refractivity contribution >= 4 is 17.5 Å². The molecule has 0 unspecified atom stereocenters. The molecule has 0 aromatic heterocycles. The van der Waals surface area contributed by atoms with Crippen LogP contribution in [-0.2, 0) is 4.79 Å². The fourth-order valence-corrected chi connectivity index (χ4v) is 3.11. The molecule has 0 atom stereocenters. The topological polar surface area (TPSA) is 17.1 Å². The van der Waals surface area contributed by atoms with Crippen molar-refractivity contribution in [2.24, 2.45) is 11.3 Å². The molecule has 2 heteroatoms. The van der Waals surface area contributed by atoms with Crippen LogP contribution in [0.1, 0.15) is 46.5 Å². The van der Waals surface area contributed by atoms with Crippen LogP contribution in [0.2, 0.25) is 0 Å². The second-order valence-corrected chi connectivity index (χ2v) is 6.37. The largest absolute Gasteiger partial charge is 0.298 e. The fourth-order valence-electron chi connectivity index (χ4n) is 1.71. The van der Waals surface area contributed by atoms with E-state index >= 15 is 0 Å². The highest BCUT2D eigenvalue weighted by Gasteiger charge is 2.21. The SMILES string of the molecule is CC(C)(C)C(=O)CSCC1CCCC1. The molecule has 1 nitrogen and oxygen atoms in total. The Labute approximate surface area is 92.0 Å². The second kappa shape index (κ2) is 5.20. The van der Waals surface area contributed by atoms with Crippen LogP contribution >= 0.6 is 11.8 Å². The highest BCUT2D eigenvalue weighted by atomic mass is 32.2. The Morgan fingerprint density at radius 3 is 2.36 bits per heavy atom.